The molecule has 1 saturated carbocycles. The molecule has 2 heterocycles. The van der Waals surface area contributed by atoms with Crippen molar-refractivity contribution >= 4 is 0 Å². The molecule has 1 atom stereocenters. The van der Waals surface area contributed by atoms with E-state index in [0.29, 0.717) is 12.1 Å². The molecule has 104 valence electrons. The highest BCUT2D eigenvalue weighted by Gasteiger charge is 2.40. The summed E-state index contributed by atoms with van der Waals surface area (Å²) in [6.45, 7) is 3.71. The summed E-state index contributed by atoms with van der Waals surface area (Å²) in [5.74, 6) is -0.254. The first-order chi connectivity index (χ1) is 9.27. The van der Waals surface area contributed by atoms with Gasteiger partial charge in [-0.1, -0.05) is 6.07 Å². The van der Waals surface area contributed by atoms with E-state index in [1.807, 2.05) is 18.5 Å². The largest absolute Gasteiger partial charge is 0.348 e. The summed E-state index contributed by atoms with van der Waals surface area (Å²) >= 11 is 0. The Labute approximate surface area is 114 Å². The Balaban J connectivity index is 1.52. The van der Waals surface area contributed by atoms with Crippen LogP contribution < -0.4 is 5.32 Å². The second-order valence-electron chi connectivity index (χ2n) is 5.56. The molecular weight excluding hydrogens is 240 g/mol. The average molecular weight is 262 g/mol. The van der Waals surface area contributed by atoms with Crippen molar-refractivity contribution in [1.29, 1.82) is 0 Å². The van der Waals surface area contributed by atoms with Gasteiger partial charge in [0.15, 0.2) is 5.79 Å². The van der Waals surface area contributed by atoms with Crippen molar-refractivity contribution in [2.24, 2.45) is 0 Å². The van der Waals surface area contributed by atoms with E-state index in [9.17, 15) is 0 Å². The lowest BCUT2D eigenvalue weighted by Gasteiger charge is -2.36. The number of hydrogen-bond acceptors (Lipinski definition) is 4. The van der Waals surface area contributed by atoms with Gasteiger partial charge in [-0.15, -0.1) is 0 Å². The van der Waals surface area contributed by atoms with Crippen molar-refractivity contribution in [3.8, 4) is 0 Å². The number of rotatable bonds is 3. The molecule has 4 heteroatoms. The number of pyridine rings is 1. The van der Waals surface area contributed by atoms with Crippen LogP contribution in [0.25, 0.3) is 0 Å². The van der Waals surface area contributed by atoms with Gasteiger partial charge in [0.1, 0.15) is 0 Å². The summed E-state index contributed by atoms with van der Waals surface area (Å²) in [7, 11) is 0. The summed E-state index contributed by atoms with van der Waals surface area (Å²) in [6, 6.07) is 5.01. The Morgan fingerprint density at radius 3 is 2.68 bits per heavy atom. The summed E-state index contributed by atoms with van der Waals surface area (Å²) in [5.41, 5.74) is 1.25. The first-order valence-corrected chi connectivity index (χ1v) is 7.21. The van der Waals surface area contributed by atoms with Crippen LogP contribution in [-0.4, -0.2) is 30.0 Å². The maximum absolute atomic E-state index is 5.76. The van der Waals surface area contributed by atoms with Gasteiger partial charge in [-0.3, -0.25) is 4.98 Å². The fourth-order valence-electron chi connectivity index (χ4n) is 3.09. The van der Waals surface area contributed by atoms with Crippen molar-refractivity contribution in [2.45, 2.75) is 50.5 Å². The van der Waals surface area contributed by atoms with Gasteiger partial charge in [0.2, 0.25) is 0 Å². The molecule has 19 heavy (non-hydrogen) atoms. The molecule has 4 nitrogen and oxygen atoms in total. The van der Waals surface area contributed by atoms with Crippen LogP contribution in [0.15, 0.2) is 24.5 Å². The molecule has 1 unspecified atom stereocenters. The van der Waals surface area contributed by atoms with Crippen LogP contribution in [0.1, 0.15) is 44.2 Å². The normalized spacial score (nSPS) is 24.7. The van der Waals surface area contributed by atoms with Crippen molar-refractivity contribution in [2.75, 3.05) is 13.2 Å². The van der Waals surface area contributed by atoms with Crippen LogP contribution in [0, 0.1) is 0 Å². The fourth-order valence-corrected chi connectivity index (χ4v) is 3.09. The Morgan fingerprint density at radius 1 is 1.32 bits per heavy atom. The molecule has 0 bridgehead atoms. The summed E-state index contributed by atoms with van der Waals surface area (Å²) < 4.78 is 11.5. The van der Waals surface area contributed by atoms with Gasteiger partial charge in [0.05, 0.1) is 13.2 Å². The molecule has 1 saturated heterocycles. The molecule has 1 aliphatic heterocycles. The zero-order chi connectivity index (χ0) is 13.1. The summed E-state index contributed by atoms with van der Waals surface area (Å²) in [4.78, 5) is 4.18. The number of hydrogen-bond donors (Lipinski definition) is 1. The first-order valence-electron chi connectivity index (χ1n) is 7.21. The standard InChI is InChI=1S/C15H22N2O2/c1-12(13-3-2-8-16-11-13)17-14-4-6-15(7-5-14)18-9-10-19-15/h2-3,8,11-12,14,17H,4-7,9-10H2,1H3. The average Bonchev–Trinajstić information content (AvgIpc) is 2.91. The lowest BCUT2D eigenvalue weighted by Crippen LogP contribution is -2.42. The molecule has 1 aliphatic carbocycles. The fraction of sp³-hybridized carbons (Fsp3) is 0.667. The quantitative estimate of drug-likeness (QED) is 0.908. The van der Waals surface area contributed by atoms with Crippen LogP contribution >= 0.6 is 0 Å². The van der Waals surface area contributed by atoms with Gasteiger partial charge in [-0.2, -0.15) is 0 Å². The molecule has 0 aromatic carbocycles. The Bertz CT molecular complexity index is 394. The van der Waals surface area contributed by atoms with Crippen molar-refractivity contribution in [3.05, 3.63) is 30.1 Å². The van der Waals surface area contributed by atoms with E-state index in [4.69, 9.17) is 9.47 Å². The summed E-state index contributed by atoms with van der Waals surface area (Å²) in [5, 5.41) is 3.69. The van der Waals surface area contributed by atoms with Crippen LogP contribution in [0.5, 0.6) is 0 Å². The zero-order valence-corrected chi connectivity index (χ0v) is 11.5. The van der Waals surface area contributed by atoms with Gasteiger partial charge >= 0.3 is 0 Å². The molecule has 1 spiro atoms. The van der Waals surface area contributed by atoms with Gasteiger partial charge in [-0.05, 0) is 31.4 Å². The Hall–Kier alpha value is -0.970. The topological polar surface area (TPSA) is 43.4 Å². The van der Waals surface area contributed by atoms with Gasteiger partial charge in [0, 0.05) is 37.3 Å². The third-order valence-corrected chi connectivity index (χ3v) is 4.23. The van der Waals surface area contributed by atoms with Crippen LogP contribution in [0.2, 0.25) is 0 Å². The third-order valence-electron chi connectivity index (χ3n) is 4.23. The maximum atomic E-state index is 5.76. The van der Waals surface area contributed by atoms with Gasteiger partial charge in [-0.25, -0.2) is 0 Å². The molecule has 2 fully saturated rings. The SMILES string of the molecule is CC(NC1CCC2(CC1)OCCO2)c1cccnc1. The number of aromatic nitrogens is 1. The minimum absolute atomic E-state index is 0.254. The van der Waals surface area contributed by atoms with E-state index in [-0.39, 0.29) is 5.79 Å². The van der Waals surface area contributed by atoms with E-state index in [1.165, 1.54) is 5.56 Å². The van der Waals surface area contributed by atoms with E-state index >= 15 is 0 Å². The highest BCUT2D eigenvalue weighted by Crippen LogP contribution is 2.36. The van der Waals surface area contributed by atoms with Crippen LogP contribution in [0.3, 0.4) is 0 Å². The van der Waals surface area contributed by atoms with E-state index in [1.54, 1.807) is 0 Å². The minimum Gasteiger partial charge on any atom is -0.348 e. The molecule has 1 aromatic heterocycles. The molecule has 0 radical (unpaired) electrons. The van der Waals surface area contributed by atoms with Crippen molar-refractivity contribution in [1.82, 2.24) is 10.3 Å². The monoisotopic (exact) mass is 262 g/mol. The van der Waals surface area contributed by atoms with E-state index in [2.05, 4.69) is 23.3 Å². The predicted octanol–water partition coefficient (Wildman–Crippen LogP) is 2.42. The minimum atomic E-state index is -0.254. The molecular formula is C15H22N2O2. The molecule has 1 N–H and O–H groups in total. The molecule has 3 rings (SSSR count). The molecule has 0 amide bonds. The number of ether oxygens (including phenoxy) is 2. The third kappa shape index (κ3) is 2.96. The Morgan fingerprint density at radius 2 is 2.05 bits per heavy atom. The number of nitrogens with one attached hydrogen (secondary N) is 1. The van der Waals surface area contributed by atoms with E-state index < -0.39 is 0 Å². The zero-order valence-electron chi connectivity index (χ0n) is 11.5. The van der Waals surface area contributed by atoms with E-state index in [0.717, 1.165) is 38.9 Å². The Kier molecular flexibility index (Phi) is 3.82. The van der Waals surface area contributed by atoms with Gasteiger partial charge < -0.3 is 14.8 Å². The number of nitrogens with zero attached hydrogens (tertiary/aromatic N) is 1. The maximum Gasteiger partial charge on any atom is 0.168 e. The highest BCUT2D eigenvalue weighted by molar-refractivity contribution is 5.13. The van der Waals surface area contributed by atoms with Crippen LogP contribution in [0.4, 0.5) is 0 Å². The summed E-state index contributed by atoms with van der Waals surface area (Å²) in [6.07, 6.45) is 7.99. The second kappa shape index (κ2) is 5.57. The predicted molar refractivity (Wildman–Crippen MR) is 72.7 cm³/mol. The van der Waals surface area contributed by atoms with Crippen LogP contribution in [-0.2, 0) is 9.47 Å². The first kappa shape index (κ1) is 13.0. The lowest BCUT2D eigenvalue weighted by atomic mass is 9.89. The molecule has 2 aliphatic rings. The second-order valence-corrected chi connectivity index (χ2v) is 5.56. The van der Waals surface area contributed by atoms with Crippen molar-refractivity contribution < 1.29 is 9.47 Å². The van der Waals surface area contributed by atoms with Gasteiger partial charge in [0.25, 0.3) is 0 Å². The van der Waals surface area contributed by atoms with Crippen molar-refractivity contribution in [3.63, 3.8) is 0 Å². The lowest BCUT2D eigenvalue weighted by molar-refractivity contribution is -0.179. The highest BCUT2D eigenvalue weighted by atomic mass is 16.7. The molecule has 1 aromatic rings. The smallest absolute Gasteiger partial charge is 0.168 e.